The lowest BCUT2D eigenvalue weighted by atomic mass is 9.75. The van der Waals surface area contributed by atoms with Gasteiger partial charge in [0.05, 0.1) is 11.0 Å². The predicted octanol–water partition coefficient (Wildman–Crippen LogP) is 2.11. The molecule has 1 aromatic heterocycles. The van der Waals surface area contributed by atoms with Gasteiger partial charge >= 0.3 is 0 Å². The fourth-order valence-electron chi connectivity index (χ4n) is 2.76. The molecule has 0 unspecified atom stereocenters. The van der Waals surface area contributed by atoms with E-state index in [1.807, 2.05) is 24.3 Å². The first-order valence-electron chi connectivity index (χ1n) is 7.04. The summed E-state index contributed by atoms with van der Waals surface area (Å²) in [6, 6.07) is 7.79. The van der Waals surface area contributed by atoms with Crippen LogP contribution < -0.4 is 11.1 Å². The summed E-state index contributed by atoms with van der Waals surface area (Å²) >= 11 is 0. The van der Waals surface area contributed by atoms with Gasteiger partial charge in [0.25, 0.3) is 0 Å². The Labute approximate surface area is 119 Å². The highest BCUT2D eigenvalue weighted by Gasteiger charge is 2.38. The number of anilines is 2. The summed E-state index contributed by atoms with van der Waals surface area (Å²) in [4.78, 5) is 11.3. The van der Waals surface area contributed by atoms with Crippen LogP contribution in [-0.2, 0) is 0 Å². The number of para-hydroxylation sites is 2. The number of nitrogens with two attached hydrogens (primary N) is 1. The Morgan fingerprint density at radius 2 is 1.85 bits per heavy atom. The molecule has 0 aliphatic heterocycles. The van der Waals surface area contributed by atoms with Crippen LogP contribution in [0.1, 0.15) is 19.3 Å². The van der Waals surface area contributed by atoms with Crippen LogP contribution in [0.3, 0.4) is 0 Å². The van der Waals surface area contributed by atoms with E-state index < -0.39 is 0 Å². The lowest BCUT2D eigenvalue weighted by molar-refractivity contribution is 0.0738. The third-order valence-corrected chi connectivity index (χ3v) is 4.42. The van der Waals surface area contributed by atoms with E-state index >= 15 is 0 Å². The van der Waals surface area contributed by atoms with Crippen molar-refractivity contribution in [3.63, 3.8) is 0 Å². The molecule has 5 nitrogen and oxygen atoms in total. The second-order valence-corrected chi connectivity index (χ2v) is 5.77. The molecule has 0 saturated heterocycles. The van der Waals surface area contributed by atoms with E-state index in [9.17, 15) is 0 Å². The second kappa shape index (κ2) is 4.90. The third kappa shape index (κ3) is 2.18. The van der Waals surface area contributed by atoms with E-state index in [1.54, 1.807) is 0 Å². The molecule has 1 fully saturated rings. The molecule has 1 heterocycles. The van der Waals surface area contributed by atoms with Gasteiger partial charge < -0.3 is 16.0 Å². The first kappa shape index (κ1) is 13.1. The van der Waals surface area contributed by atoms with Crippen molar-refractivity contribution in [1.82, 2.24) is 14.9 Å². The quantitative estimate of drug-likeness (QED) is 0.891. The number of likely N-dealkylation sites (N-methyl/N-ethyl adjacent to an activating group) is 1. The second-order valence-electron chi connectivity index (χ2n) is 5.77. The third-order valence-electron chi connectivity index (χ3n) is 4.42. The van der Waals surface area contributed by atoms with Crippen LogP contribution in [0.15, 0.2) is 24.3 Å². The van der Waals surface area contributed by atoms with Gasteiger partial charge in [0.15, 0.2) is 11.6 Å². The fourth-order valence-corrected chi connectivity index (χ4v) is 2.76. The van der Waals surface area contributed by atoms with E-state index in [0.29, 0.717) is 11.6 Å². The van der Waals surface area contributed by atoms with Crippen molar-refractivity contribution >= 4 is 22.7 Å². The SMILES string of the molecule is CN(C)C1(CNc2nc3ccccc3nc2N)CCC1. The molecule has 1 aliphatic carbocycles. The first-order chi connectivity index (χ1) is 9.61. The number of nitrogens with one attached hydrogen (secondary N) is 1. The van der Waals surface area contributed by atoms with Crippen molar-refractivity contribution < 1.29 is 0 Å². The minimum absolute atomic E-state index is 0.236. The zero-order valence-electron chi connectivity index (χ0n) is 12.1. The molecule has 1 aliphatic rings. The highest BCUT2D eigenvalue weighted by atomic mass is 15.2. The van der Waals surface area contributed by atoms with Crippen molar-refractivity contribution in [2.75, 3.05) is 31.7 Å². The molecule has 0 bridgehead atoms. The maximum absolute atomic E-state index is 6.00. The molecule has 20 heavy (non-hydrogen) atoms. The van der Waals surface area contributed by atoms with Gasteiger partial charge in [-0.25, -0.2) is 9.97 Å². The average Bonchev–Trinajstić information content (AvgIpc) is 2.37. The van der Waals surface area contributed by atoms with Gasteiger partial charge in [-0.3, -0.25) is 0 Å². The smallest absolute Gasteiger partial charge is 0.169 e. The van der Waals surface area contributed by atoms with Crippen LogP contribution >= 0.6 is 0 Å². The molecule has 3 rings (SSSR count). The molecule has 106 valence electrons. The Balaban J connectivity index is 1.82. The topological polar surface area (TPSA) is 67.1 Å². The number of hydrogen-bond donors (Lipinski definition) is 2. The van der Waals surface area contributed by atoms with E-state index in [0.717, 1.165) is 17.6 Å². The molecule has 1 saturated carbocycles. The van der Waals surface area contributed by atoms with Crippen LogP contribution in [0.5, 0.6) is 0 Å². The largest absolute Gasteiger partial charge is 0.381 e. The summed E-state index contributed by atoms with van der Waals surface area (Å²) in [7, 11) is 4.27. The Hall–Kier alpha value is -1.88. The van der Waals surface area contributed by atoms with Crippen LogP contribution in [0, 0.1) is 0 Å². The Morgan fingerprint density at radius 1 is 1.20 bits per heavy atom. The van der Waals surface area contributed by atoms with Crippen molar-refractivity contribution in [1.29, 1.82) is 0 Å². The molecule has 3 N–H and O–H groups in total. The van der Waals surface area contributed by atoms with Gasteiger partial charge in [-0.15, -0.1) is 0 Å². The molecule has 0 amide bonds. The number of nitrogen functional groups attached to an aromatic ring is 1. The van der Waals surface area contributed by atoms with Gasteiger partial charge in [-0.05, 0) is 45.5 Å². The zero-order valence-corrected chi connectivity index (χ0v) is 12.1. The highest BCUT2D eigenvalue weighted by molar-refractivity contribution is 5.79. The van der Waals surface area contributed by atoms with E-state index in [1.165, 1.54) is 19.3 Å². The first-order valence-corrected chi connectivity index (χ1v) is 7.04. The van der Waals surface area contributed by atoms with E-state index in [-0.39, 0.29) is 5.54 Å². The van der Waals surface area contributed by atoms with Gasteiger partial charge in [-0.1, -0.05) is 12.1 Å². The molecule has 0 atom stereocenters. The fraction of sp³-hybridized carbons (Fsp3) is 0.467. The number of hydrogen-bond acceptors (Lipinski definition) is 5. The van der Waals surface area contributed by atoms with Gasteiger partial charge in [0.2, 0.25) is 0 Å². The van der Waals surface area contributed by atoms with Gasteiger partial charge in [0.1, 0.15) is 0 Å². The monoisotopic (exact) mass is 271 g/mol. The normalized spacial score (nSPS) is 17.1. The molecule has 5 heteroatoms. The van der Waals surface area contributed by atoms with Crippen LogP contribution in [0.4, 0.5) is 11.6 Å². The van der Waals surface area contributed by atoms with Crippen molar-refractivity contribution in [3.8, 4) is 0 Å². The Bertz CT molecular complexity index is 619. The summed E-state index contributed by atoms with van der Waals surface area (Å²) in [5.41, 5.74) is 7.94. The van der Waals surface area contributed by atoms with E-state index in [4.69, 9.17) is 5.73 Å². The molecule has 0 spiro atoms. The highest BCUT2D eigenvalue weighted by Crippen LogP contribution is 2.36. The summed E-state index contributed by atoms with van der Waals surface area (Å²) in [6.07, 6.45) is 3.72. The van der Waals surface area contributed by atoms with Crippen LogP contribution in [0.2, 0.25) is 0 Å². The Kier molecular flexibility index (Phi) is 3.22. The van der Waals surface area contributed by atoms with Crippen LogP contribution in [-0.4, -0.2) is 41.0 Å². The molecular formula is C15H21N5. The van der Waals surface area contributed by atoms with Crippen molar-refractivity contribution in [2.24, 2.45) is 0 Å². The average molecular weight is 271 g/mol. The molecule has 1 aromatic carbocycles. The van der Waals surface area contributed by atoms with Gasteiger partial charge in [0, 0.05) is 12.1 Å². The van der Waals surface area contributed by atoms with E-state index in [2.05, 4.69) is 34.3 Å². The van der Waals surface area contributed by atoms with Crippen molar-refractivity contribution in [3.05, 3.63) is 24.3 Å². The minimum atomic E-state index is 0.236. The Morgan fingerprint density at radius 3 is 2.40 bits per heavy atom. The van der Waals surface area contributed by atoms with Gasteiger partial charge in [-0.2, -0.15) is 0 Å². The molecular weight excluding hydrogens is 250 g/mol. The minimum Gasteiger partial charge on any atom is -0.381 e. The molecule has 2 aromatic rings. The number of benzene rings is 1. The lowest BCUT2D eigenvalue weighted by Crippen LogP contribution is -2.54. The zero-order chi connectivity index (χ0) is 14.2. The van der Waals surface area contributed by atoms with Crippen molar-refractivity contribution in [2.45, 2.75) is 24.8 Å². The summed E-state index contributed by atoms with van der Waals surface area (Å²) in [5.74, 6) is 1.16. The molecule has 0 radical (unpaired) electrons. The number of fused-ring (bicyclic) bond motifs is 1. The maximum atomic E-state index is 6.00. The maximum Gasteiger partial charge on any atom is 0.169 e. The number of rotatable bonds is 4. The standard InChI is InChI=1S/C15H21N5/c1-20(2)15(8-5-9-15)10-17-14-13(16)18-11-6-3-4-7-12(11)19-14/h3-4,6-7H,5,8-10H2,1-2H3,(H2,16,18)(H,17,19). The number of aromatic nitrogens is 2. The summed E-state index contributed by atoms with van der Waals surface area (Å²) in [5, 5.41) is 3.39. The number of nitrogens with zero attached hydrogens (tertiary/aromatic N) is 3. The van der Waals surface area contributed by atoms with Crippen LogP contribution in [0.25, 0.3) is 11.0 Å². The summed E-state index contributed by atoms with van der Waals surface area (Å²) in [6.45, 7) is 0.858. The summed E-state index contributed by atoms with van der Waals surface area (Å²) < 4.78 is 0. The lowest BCUT2D eigenvalue weighted by Gasteiger charge is -2.47. The predicted molar refractivity (Wildman–Crippen MR) is 82.7 cm³/mol.